The number of hydrogen-bond donors (Lipinski definition) is 2. The van der Waals surface area contributed by atoms with Crippen molar-refractivity contribution in [3.05, 3.63) is 54.0 Å². The first-order valence-electron chi connectivity index (χ1n) is 8.41. The number of ether oxygens (including phenoxy) is 2. The van der Waals surface area contributed by atoms with E-state index in [1.807, 2.05) is 5.32 Å². The molecule has 29 heavy (non-hydrogen) atoms. The van der Waals surface area contributed by atoms with E-state index in [1.54, 1.807) is 18.2 Å². The van der Waals surface area contributed by atoms with Crippen molar-refractivity contribution in [2.75, 3.05) is 26.9 Å². The van der Waals surface area contributed by atoms with Crippen LogP contribution in [0, 0.1) is 0 Å². The first kappa shape index (κ1) is 22.1. The monoisotopic (exact) mass is 424 g/mol. The molecule has 0 spiro atoms. The summed E-state index contributed by atoms with van der Waals surface area (Å²) >= 11 is 0. The van der Waals surface area contributed by atoms with Crippen LogP contribution in [0.1, 0.15) is 16.1 Å². The van der Waals surface area contributed by atoms with Crippen LogP contribution in [0.2, 0.25) is 0 Å². The third-order valence-corrected chi connectivity index (χ3v) is 5.24. The number of furan rings is 1. The fourth-order valence-electron chi connectivity index (χ4n) is 2.21. The number of rotatable bonds is 9. The van der Waals surface area contributed by atoms with Crippen molar-refractivity contribution in [3.63, 3.8) is 0 Å². The van der Waals surface area contributed by atoms with Gasteiger partial charge in [-0.3, -0.25) is 10.1 Å². The van der Waals surface area contributed by atoms with E-state index in [0.29, 0.717) is 0 Å². The molecule has 1 heterocycles. The second-order valence-electron chi connectivity index (χ2n) is 5.72. The van der Waals surface area contributed by atoms with Crippen LogP contribution >= 0.6 is 0 Å². The zero-order valence-corrected chi connectivity index (χ0v) is 16.4. The van der Waals surface area contributed by atoms with E-state index in [0.717, 1.165) is 6.26 Å². The van der Waals surface area contributed by atoms with Gasteiger partial charge in [-0.25, -0.2) is 18.0 Å². The number of methoxy groups -OCH3 is 1. The third kappa shape index (κ3) is 6.73. The first-order chi connectivity index (χ1) is 13.8. The summed E-state index contributed by atoms with van der Waals surface area (Å²) in [7, 11) is -2.25. The lowest BCUT2D eigenvalue weighted by Gasteiger charge is -2.07. The molecule has 0 aliphatic rings. The molecule has 0 atom stereocenters. The number of benzene rings is 1. The van der Waals surface area contributed by atoms with E-state index in [2.05, 4.69) is 5.32 Å². The Morgan fingerprint density at radius 1 is 1.10 bits per heavy atom. The predicted molar refractivity (Wildman–Crippen MR) is 99.7 cm³/mol. The van der Waals surface area contributed by atoms with Gasteiger partial charge in [0.1, 0.15) is 0 Å². The Morgan fingerprint density at radius 2 is 1.83 bits per heavy atom. The molecular weight excluding hydrogens is 404 g/mol. The number of hydrogen-bond acceptors (Lipinski definition) is 8. The molecule has 2 N–H and O–H groups in total. The molecule has 0 bridgehead atoms. The Morgan fingerprint density at radius 3 is 2.52 bits per heavy atom. The summed E-state index contributed by atoms with van der Waals surface area (Å²) in [5.74, 6) is -2.70. The number of imide groups is 1. The molecule has 0 saturated carbocycles. The van der Waals surface area contributed by atoms with Gasteiger partial charge >= 0.3 is 12.0 Å². The molecule has 10 nitrogen and oxygen atoms in total. The molecule has 1 aromatic carbocycles. The van der Waals surface area contributed by atoms with Crippen molar-refractivity contribution in [1.82, 2.24) is 10.6 Å². The quantitative estimate of drug-likeness (QED) is 0.446. The summed E-state index contributed by atoms with van der Waals surface area (Å²) in [5, 5.41) is 4.32. The van der Waals surface area contributed by atoms with Crippen LogP contribution < -0.4 is 10.6 Å². The van der Waals surface area contributed by atoms with Crippen LogP contribution in [0.5, 0.6) is 0 Å². The lowest BCUT2D eigenvalue weighted by Crippen LogP contribution is -2.42. The molecule has 2 aromatic rings. The van der Waals surface area contributed by atoms with Crippen molar-refractivity contribution in [2.24, 2.45) is 0 Å². The summed E-state index contributed by atoms with van der Waals surface area (Å²) in [6.07, 6.45) is 1.15. The molecule has 11 heteroatoms. The van der Waals surface area contributed by atoms with E-state index in [9.17, 15) is 22.8 Å². The van der Waals surface area contributed by atoms with Gasteiger partial charge in [0.15, 0.2) is 16.4 Å². The number of amides is 3. The van der Waals surface area contributed by atoms with Crippen molar-refractivity contribution < 1.29 is 36.7 Å². The van der Waals surface area contributed by atoms with Crippen molar-refractivity contribution in [2.45, 2.75) is 10.6 Å². The van der Waals surface area contributed by atoms with Gasteiger partial charge in [-0.15, -0.1) is 0 Å². The zero-order chi connectivity index (χ0) is 21.3. The molecule has 0 radical (unpaired) electrons. The second-order valence-corrected chi connectivity index (χ2v) is 7.71. The molecular formula is C18H20N2O8S. The van der Waals surface area contributed by atoms with Gasteiger partial charge in [-0.05, 0) is 18.2 Å². The van der Waals surface area contributed by atoms with Gasteiger partial charge in [0.25, 0.3) is 5.91 Å². The molecule has 0 aliphatic heterocycles. The van der Waals surface area contributed by atoms with Gasteiger partial charge in [0.05, 0.1) is 23.5 Å². The van der Waals surface area contributed by atoms with Gasteiger partial charge in [-0.1, -0.05) is 18.2 Å². The highest BCUT2D eigenvalue weighted by atomic mass is 32.2. The van der Waals surface area contributed by atoms with Crippen molar-refractivity contribution >= 4 is 27.7 Å². The summed E-state index contributed by atoms with van der Waals surface area (Å²) in [4.78, 5) is 35.3. The number of sulfone groups is 1. The van der Waals surface area contributed by atoms with Crippen LogP contribution in [-0.2, 0) is 29.9 Å². The molecule has 156 valence electrons. The Hall–Kier alpha value is -3.18. The van der Waals surface area contributed by atoms with Gasteiger partial charge in [-0.2, -0.15) is 0 Å². The van der Waals surface area contributed by atoms with Gasteiger partial charge in [0.2, 0.25) is 5.76 Å². The van der Waals surface area contributed by atoms with Crippen LogP contribution in [0.3, 0.4) is 0 Å². The molecule has 2 rings (SSSR count). The van der Waals surface area contributed by atoms with E-state index in [-0.39, 0.29) is 29.4 Å². The average molecular weight is 424 g/mol. The fraction of sp³-hybridized carbons (Fsp3) is 0.278. The number of esters is 1. The minimum atomic E-state index is -3.71. The number of nitrogens with one attached hydrogen (secondary N) is 2. The van der Waals surface area contributed by atoms with E-state index < -0.39 is 40.1 Å². The normalized spacial score (nSPS) is 10.9. The Balaban J connectivity index is 1.92. The smallest absolute Gasteiger partial charge is 0.375 e. The van der Waals surface area contributed by atoms with E-state index in [1.165, 1.54) is 25.3 Å². The van der Waals surface area contributed by atoms with Gasteiger partial charge in [0, 0.05) is 19.2 Å². The standard InChI is InChI=1S/C18H20N2O8S/c1-26-10-8-19-18(23)20-15(21)11-28-17(22)16-13(7-9-27-16)12-29(24,25)14-5-3-2-4-6-14/h2-7,9H,8,10-12H2,1H3,(H2,19,20,21,23). The van der Waals surface area contributed by atoms with Crippen LogP contribution in [0.25, 0.3) is 0 Å². The Bertz CT molecular complexity index is 953. The molecule has 0 fully saturated rings. The number of carbonyl (C=O) groups is 3. The van der Waals surface area contributed by atoms with Crippen LogP contribution in [0.15, 0.2) is 52.0 Å². The topological polar surface area (TPSA) is 141 Å². The van der Waals surface area contributed by atoms with Crippen molar-refractivity contribution in [3.8, 4) is 0 Å². The Labute approximate surface area is 167 Å². The molecule has 3 amide bonds. The highest BCUT2D eigenvalue weighted by molar-refractivity contribution is 7.90. The molecule has 1 aromatic heterocycles. The SMILES string of the molecule is COCCNC(=O)NC(=O)COC(=O)c1occc1CS(=O)(=O)c1ccccc1. The first-order valence-corrected chi connectivity index (χ1v) is 10.1. The second kappa shape index (κ2) is 10.4. The minimum Gasteiger partial charge on any atom is -0.457 e. The van der Waals surface area contributed by atoms with E-state index in [4.69, 9.17) is 13.9 Å². The maximum atomic E-state index is 12.5. The maximum Gasteiger partial charge on any atom is 0.375 e. The Kier molecular flexibility index (Phi) is 7.92. The summed E-state index contributed by atoms with van der Waals surface area (Å²) in [6, 6.07) is 8.30. The summed E-state index contributed by atoms with van der Waals surface area (Å²) in [5.41, 5.74) is 0.0940. The van der Waals surface area contributed by atoms with Gasteiger partial charge < -0.3 is 19.2 Å². The molecule has 0 saturated heterocycles. The molecule has 0 aliphatic carbocycles. The lowest BCUT2D eigenvalue weighted by molar-refractivity contribution is -0.123. The zero-order valence-electron chi connectivity index (χ0n) is 15.5. The molecule has 0 unspecified atom stereocenters. The minimum absolute atomic E-state index is 0.0940. The highest BCUT2D eigenvalue weighted by Crippen LogP contribution is 2.20. The fourth-order valence-corrected chi connectivity index (χ4v) is 3.59. The lowest BCUT2D eigenvalue weighted by atomic mass is 10.3. The highest BCUT2D eigenvalue weighted by Gasteiger charge is 2.24. The summed E-state index contributed by atoms with van der Waals surface area (Å²) in [6.45, 7) is -0.285. The number of urea groups is 1. The maximum absolute atomic E-state index is 12.5. The number of carbonyl (C=O) groups excluding carboxylic acids is 3. The van der Waals surface area contributed by atoms with Crippen LogP contribution in [0.4, 0.5) is 4.79 Å². The summed E-state index contributed by atoms with van der Waals surface area (Å²) < 4.78 is 39.5. The predicted octanol–water partition coefficient (Wildman–Crippen LogP) is 0.882. The third-order valence-electron chi connectivity index (χ3n) is 3.56. The van der Waals surface area contributed by atoms with Crippen molar-refractivity contribution in [1.29, 1.82) is 0 Å². The van der Waals surface area contributed by atoms with Crippen LogP contribution in [-0.4, -0.2) is 53.2 Å². The van der Waals surface area contributed by atoms with E-state index >= 15 is 0 Å². The largest absolute Gasteiger partial charge is 0.457 e. The average Bonchev–Trinajstić information content (AvgIpc) is 3.14.